The molecule has 2 aromatic rings. The van der Waals surface area contributed by atoms with Gasteiger partial charge in [-0.25, -0.2) is 8.42 Å². The molecule has 0 radical (unpaired) electrons. The Bertz CT molecular complexity index is 941. The zero-order valence-electron chi connectivity index (χ0n) is 14.7. The molecule has 1 saturated heterocycles. The number of ether oxygens (including phenoxy) is 3. The number of nitrogens with one attached hydrogen (secondary N) is 1. The number of fused-ring (bicyclic) bond motifs is 3. The molecule has 1 fully saturated rings. The van der Waals surface area contributed by atoms with Crippen LogP contribution in [0, 0.1) is 0 Å². The maximum Gasteiger partial charge on any atom is 0.206 e. The molecule has 0 spiro atoms. The third-order valence-electron chi connectivity index (χ3n) is 5.06. The Morgan fingerprint density at radius 1 is 1.04 bits per heavy atom. The Balaban J connectivity index is 1.72. The molecule has 2 atom stereocenters. The van der Waals surface area contributed by atoms with Crippen molar-refractivity contribution in [2.45, 2.75) is 28.2 Å². The van der Waals surface area contributed by atoms with Crippen LogP contribution in [-0.4, -0.2) is 41.8 Å². The molecule has 26 heavy (non-hydrogen) atoms. The summed E-state index contributed by atoms with van der Waals surface area (Å²) in [5.74, 6) is 1.87. The quantitative estimate of drug-likeness (QED) is 0.884. The van der Waals surface area contributed by atoms with Gasteiger partial charge < -0.3 is 19.5 Å². The zero-order chi connectivity index (χ0) is 18.3. The highest BCUT2D eigenvalue weighted by Gasteiger charge is 2.36. The van der Waals surface area contributed by atoms with E-state index in [0.717, 1.165) is 25.1 Å². The lowest BCUT2D eigenvalue weighted by Crippen LogP contribution is -2.39. The monoisotopic (exact) mass is 375 g/mol. The standard InChI is InChI=1S/C19H21NO5S/c1-23-16-6-4-13(10-18(16)24-2)26(21,22)12-3-5-14-15-7-8-20-11-19(15)25-17(14)9-12/h3-6,9-10,15,19-20H,7-8,11H2,1-2H3. The average Bonchev–Trinajstić information content (AvgIpc) is 3.05. The summed E-state index contributed by atoms with van der Waals surface area (Å²) in [6, 6.07) is 9.79. The topological polar surface area (TPSA) is 73.9 Å². The van der Waals surface area contributed by atoms with Crippen molar-refractivity contribution in [3.05, 3.63) is 42.0 Å². The fourth-order valence-electron chi connectivity index (χ4n) is 3.68. The predicted molar refractivity (Wildman–Crippen MR) is 96.1 cm³/mol. The summed E-state index contributed by atoms with van der Waals surface area (Å²) in [5, 5.41) is 3.32. The van der Waals surface area contributed by atoms with Gasteiger partial charge in [0, 0.05) is 24.1 Å². The van der Waals surface area contributed by atoms with Gasteiger partial charge in [0.05, 0.1) is 24.0 Å². The second kappa shape index (κ2) is 6.48. The van der Waals surface area contributed by atoms with Gasteiger partial charge in [-0.3, -0.25) is 0 Å². The van der Waals surface area contributed by atoms with Crippen LogP contribution in [-0.2, 0) is 9.84 Å². The Labute approximate surface area is 153 Å². The summed E-state index contributed by atoms with van der Waals surface area (Å²) in [5.41, 5.74) is 1.10. The highest BCUT2D eigenvalue weighted by Crippen LogP contribution is 2.43. The first-order valence-electron chi connectivity index (χ1n) is 8.53. The van der Waals surface area contributed by atoms with Crippen LogP contribution in [0.15, 0.2) is 46.2 Å². The first-order valence-corrected chi connectivity index (χ1v) is 10.0. The molecule has 2 aliphatic rings. The normalized spacial score (nSPS) is 21.5. The lowest BCUT2D eigenvalue weighted by Gasteiger charge is -2.24. The maximum atomic E-state index is 13.1. The van der Waals surface area contributed by atoms with Crippen molar-refractivity contribution < 1.29 is 22.6 Å². The van der Waals surface area contributed by atoms with Crippen molar-refractivity contribution in [3.63, 3.8) is 0 Å². The number of benzene rings is 2. The number of sulfone groups is 1. The van der Waals surface area contributed by atoms with Crippen LogP contribution in [0.3, 0.4) is 0 Å². The number of methoxy groups -OCH3 is 2. The van der Waals surface area contributed by atoms with E-state index < -0.39 is 9.84 Å². The summed E-state index contributed by atoms with van der Waals surface area (Å²) in [6.45, 7) is 1.74. The van der Waals surface area contributed by atoms with Gasteiger partial charge in [-0.15, -0.1) is 0 Å². The molecule has 2 heterocycles. The van der Waals surface area contributed by atoms with Gasteiger partial charge in [-0.2, -0.15) is 0 Å². The predicted octanol–water partition coefficient (Wildman–Crippen LogP) is 2.37. The molecule has 0 bridgehead atoms. The molecule has 0 saturated carbocycles. The van der Waals surface area contributed by atoms with Gasteiger partial charge in [0.2, 0.25) is 9.84 Å². The molecule has 2 aliphatic heterocycles. The smallest absolute Gasteiger partial charge is 0.206 e. The maximum absolute atomic E-state index is 13.1. The van der Waals surface area contributed by atoms with Crippen LogP contribution in [0.1, 0.15) is 17.9 Å². The van der Waals surface area contributed by atoms with Gasteiger partial charge in [0.1, 0.15) is 11.9 Å². The minimum atomic E-state index is -3.68. The van der Waals surface area contributed by atoms with Crippen LogP contribution in [0.2, 0.25) is 0 Å². The van der Waals surface area contributed by atoms with Crippen molar-refractivity contribution in [2.75, 3.05) is 27.3 Å². The van der Waals surface area contributed by atoms with E-state index in [9.17, 15) is 8.42 Å². The van der Waals surface area contributed by atoms with Crippen molar-refractivity contribution in [3.8, 4) is 17.2 Å². The molecule has 6 nitrogen and oxygen atoms in total. The van der Waals surface area contributed by atoms with E-state index in [0.29, 0.717) is 23.2 Å². The third-order valence-corrected chi connectivity index (χ3v) is 6.81. The zero-order valence-corrected chi connectivity index (χ0v) is 15.5. The number of hydrogen-bond donors (Lipinski definition) is 1. The van der Waals surface area contributed by atoms with Crippen LogP contribution < -0.4 is 19.5 Å². The molecule has 0 aromatic heterocycles. The van der Waals surface area contributed by atoms with Gasteiger partial charge in [0.25, 0.3) is 0 Å². The van der Waals surface area contributed by atoms with Crippen molar-refractivity contribution in [1.82, 2.24) is 5.32 Å². The van der Waals surface area contributed by atoms with Gasteiger partial charge in [-0.05, 0) is 37.2 Å². The first-order chi connectivity index (χ1) is 12.5. The van der Waals surface area contributed by atoms with Crippen LogP contribution in [0.25, 0.3) is 0 Å². The number of rotatable bonds is 4. The van der Waals surface area contributed by atoms with E-state index in [-0.39, 0.29) is 15.9 Å². The van der Waals surface area contributed by atoms with E-state index in [4.69, 9.17) is 14.2 Å². The second-order valence-electron chi connectivity index (χ2n) is 6.48. The molecule has 2 aromatic carbocycles. The Hall–Kier alpha value is -2.25. The lowest BCUT2D eigenvalue weighted by molar-refractivity contribution is 0.176. The Kier molecular flexibility index (Phi) is 4.28. The molecule has 0 aliphatic carbocycles. The van der Waals surface area contributed by atoms with E-state index in [1.807, 2.05) is 6.07 Å². The molecule has 2 unspecified atom stereocenters. The average molecular weight is 375 g/mol. The minimum Gasteiger partial charge on any atom is -0.493 e. The highest BCUT2D eigenvalue weighted by molar-refractivity contribution is 7.91. The van der Waals surface area contributed by atoms with Crippen molar-refractivity contribution in [1.29, 1.82) is 0 Å². The van der Waals surface area contributed by atoms with E-state index in [1.54, 1.807) is 18.2 Å². The van der Waals surface area contributed by atoms with Crippen LogP contribution in [0.4, 0.5) is 0 Å². The summed E-state index contributed by atoms with van der Waals surface area (Å²) >= 11 is 0. The van der Waals surface area contributed by atoms with Gasteiger partial charge >= 0.3 is 0 Å². The second-order valence-corrected chi connectivity index (χ2v) is 8.43. The van der Waals surface area contributed by atoms with Gasteiger partial charge in [-0.1, -0.05) is 6.07 Å². The fraction of sp³-hybridized carbons (Fsp3) is 0.368. The number of piperidine rings is 1. The minimum absolute atomic E-state index is 0.0813. The SMILES string of the molecule is COc1ccc(S(=O)(=O)c2ccc3c(c2)OC2CNCCC32)cc1OC. The molecule has 138 valence electrons. The summed E-state index contributed by atoms with van der Waals surface area (Å²) in [4.78, 5) is 0.377. The molecular weight excluding hydrogens is 354 g/mol. The van der Waals surface area contributed by atoms with E-state index >= 15 is 0 Å². The number of hydrogen-bond acceptors (Lipinski definition) is 6. The molecule has 0 amide bonds. The van der Waals surface area contributed by atoms with Crippen molar-refractivity contribution in [2.24, 2.45) is 0 Å². The molecular formula is C19H21NO5S. The van der Waals surface area contributed by atoms with Crippen LogP contribution in [0.5, 0.6) is 17.2 Å². The molecule has 7 heteroatoms. The summed E-state index contributed by atoms with van der Waals surface area (Å²) in [6.07, 6.45) is 1.08. The largest absolute Gasteiger partial charge is 0.493 e. The van der Waals surface area contributed by atoms with Crippen LogP contribution >= 0.6 is 0 Å². The highest BCUT2D eigenvalue weighted by atomic mass is 32.2. The molecule has 4 rings (SSSR count). The third kappa shape index (κ3) is 2.71. The lowest BCUT2D eigenvalue weighted by atomic mass is 9.90. The Morgan fingerprint density at radius 2 is 1.77 bits per heavy atom. The van der Waals surface area contributed by atoms with E-state index in [2.05, 4.69) is 5.32 Å². The van der Waals surface area contributed by atoms with Gasteiger partial charge in [0.15, 0.2) is 11.5 Å². The molecule has 1 N–H and O–H groups in total. The summed E-state index contributed by atoms with van der Waals surface area (Å²) in [7, 11) is -0.691. The van der Waals surface area contributed by atoms with E-state index in [1.165, 1.54) is 26.4 Å². The van der Waals surface area contributed by atoms with Crippen molar-refractivity contribution >= 4 is 9.84 Å². The fourth-order valence-corrected chi connectivity index (χ4v) is 4.97. The Morgan fingerprint density at radius 3 is 2.54 bits per heavy atom. The first kappa shape index (κ1) is 17.2. The summed E-state index contributed by atoms with van der Waals surface area (Å²) < 4.78 is 42.5.